The van der Waals surface area contributed by atoms with Crippen LogP contribution in [0.25, 0.3) is 0 Å². The van der Waals surface area contributed by atoms with Crippen LogP contribution in [0.2, 0.25) is 0 Å². The Bertz CT molecular complexity index is 474. The summed E-state index contributed by atoms with van der Waals surface area (Å²) >= 11 is 5.59. The summed E-state index contributed by atoms with van der Waals surface area (Å²) in [5, 5.41) is 0. The molecule has 0 bridgehead atoms. The van der Waals surface area contributed by atoms with E-state index in [0.717, 1.165) is 24.8 Å². The zero-order valence-corrected chi connectivity index (χ0v) is 12.5. The number of hydrogen-bond donors (Lipinski definition) is 0. The van der Waals surface area contributed by atoms with Crippen LogP contribution >= 0.6 is 11.6 Å². The molecule has 0 atom stereocenters. The lowest BCUT2D eigenvalue weighted by Gasteiger charge is -2.18. The van der Waals surface area contributed by atoms with E-state index in [2.05, 4.69) is 0 Å². The monoisotopic (exact) mass is 289 g/mol. The van der Waals surface area contributed by atoms with E-state index in [-0.39, 0.29) is 0 Å². The van der Waals surface area contributed by atoms with Gasteiger partial charge in [-0.25, -0.2) is 12.7 Å². The maximum atomic E-state index is 12.3. The average Bonchev–Trinajstić information content (AvgIpc) is 2.34. The Balaban J connectivity index is 2.72. The number of hydrogen-bond acceptors (Lipinski definition) is 2. The highest BCUT2D eigenvalue weighted by Gasteiger charge is 2.21. The van der Waals surface area contributed by atoms with Gasteiger partial charge in [-0.15, -0.1) is 11.6 Å². The van der Waals surface area contributed by atoms with E-state index in [1.165, 1.54) is 4.31 Å². The summed E-state index contributed by atoms with van der Waals surface area (Å²) in [5.74, 6) is 0.633. The van der Waals surface area contributed by atoms with Crippen LogP contribution in [0, 0.1) is 6.92 Å². The number of aryl methyl sites for hydroxylation is 1. The Morgan fingerprint density at radius 1 is 1.17 bits per heavy atom. The minimum atomic E-state index is -3.36. The summed E-state index contributed by atoms with van der Waals surface area (Å²) in [6.45, 7) is 2.35. The highest BCUT2D eigenvalue weighted by Crippen LogP contribution is 2.18. The largest absolute Gasteiger partial charge is 0.243 e. The van der Waals surface area contributed by atoms with Gasteiger partial charge in [-0.2, -0.15) is 0 Å². The molecule has 0 aromatic heterocycles. The third-order valence-corrected chi connectivity index (χ3v) is 5.17. The summed E-state index contributed by atoms with van der Waals surface area (Å²) in [6, 6.07) is 7.06. The van der Waals surface area contributed by atoms with E-state index in [0.29, 0.717) is 17.3 Å². The number of nitrogens with zero attached hydrogens (tertiary/aromatic N) is 1. The van der Waals surface area contributed by atoms with E-state index in [4.69, 9.17) is 11.6 Å². The van der Waals surface area contributed by atoms with Crippen LogP contribution in [0.4, 0.5) is 0 Å². The number of unbranched alkanes of at least 4 members (excludes halogenated alkanes) is 2. The van der Waals surface area contributed by atoms with Crippen LogP contribution < -0.4 is 0 Å². The van der Waals surface area contributed by atoms with Gasteiger partial charge in [-0.05, 0) is 31.4 Å². The molecule has 1 aromatic carbocycles. The molecule has 0 spiro atoms. The molecule has 0 radical (unpaired) electrons. The summed E-state index contributed by atoms with van der Waals surface area (Å²) in [5.41, 5.74) is 0.783. The third-order valence-electron chi connectivity index (χ3n) is 2.89. The maximum Gasteiger partial charge on any atom is 0.243 e. The quantitative estimate of drug-likeness (QED) is 0.571. The highest BCUT2D eigenvalue weighted by atomic mass is 35.5. The van der Waals surface area contributed by atoms with Gasteiger partial charge in [0.25, 0.3) is 0 Å². The van der Waals surface area contributed by atoms with E-state index in [1.807, 2.05) is 19.1 Å². The smallest absolute Gasteiger partial charge is 0.207 e. The van der Waals surface area contributed by atoms with Gasteiger partial charge in [-0.1, -0.05) is 24.6 Å². The normalized spacial score (nSPS) is 12.0. The van der Waals surface area contributed by atoms with Crippen molar-refractivity contribution in [3.63, 3.8) is 0 Å². The molecule has 0 fully saturated rings. The molecule has 0 amide bonds. The van der Waals surface area contributed by atoms with Gasteiger partial charge in [0.15, 0.2) is 0 Å². The lowest BCUT2D eigenvalue weighted by Crippen LogP contribution is -2.28. The fourth-order valence-electron chi connectivity index (χ4n) is 1.74. The Morgan fingerprint density at radius 3 is 2.44 bits per heavy atom. The van der Waals surface area contributed by atoms with Crippen molar-refractivity contribution in [1.82, 2.24) is 4.31 Å². The third kappa shape index (κ3) is 3.97. The van der Waals surface area contributed by atoms with Gasteiger partial charge >= 0.3 is 0 Å². The minimum Gasteiger partial charge on any atom is -0.207 e. The molecule has 0 N–H and O–H groups in total. The van der Waals surface area contributed by atoms with Crippen molar-refractivity contribution >= 4 is 21.6 Å². The second-order valence-electron chi connectivity index (χ2n) is 4.34. The second-order valence-corrected chi connectivity index (χ2v) is 6.73. The SMILES string of the molecule is Cc1ccccc1S(=O)(=O)N(C)CCCCCCl. The first-order valence-corrected chi connectivity index (χ1v) is 8.05. The highest BCUT2D eigenvalue weighted by molar-refractivity contribution is 7.89. The van der Waals surface area contributed by atoms with Crippen molar-refractivity contribution in [1.29, 1.82) is 0 Å². The summed E-state index contributed by atoms with van der Waals surface area (Å²) in [7, 11) is -1.73. The number of alkyl halides is 1. The number of halogens is 1. The molecule has 18 heavy (non-hydrogen) atoms. The van der Waals surface area contributed by atoms with Crippen LogP contribution in [0.3, 0.4) is 0 Å². The maximum absolute atomic E-state index is 12.3. The lowest BCUT2D eigenvalue weighted by atomic mass is 10.2. The Kier molecular flexibility index (Phi) is 6.12. The van der Waals surface area contributed by atoms with E-state index in [1.54, 1.807) is 19.2 Å². The number of benzene rings is 1. The topological polar surface area (TPSA) is 37.4 Å². The Morgan fingerprint density at radius 2 is 1.83 bits per heavy atom. The van der Waals surface area contributed by atoms with Crippen LogP contribution in [0.15, 0.2) is 29.2 Å². The van der Waals surface area contributed by atoms with E-state index >= 15 is 0 Å². The first-order chi connectivity index (χ1) is 8.50. The molecule has 0 aliphatic rings. The molecule has 102 valence electrons. The Hall–Kier alpha value is -0.580. The van der Waals surface area contributed by atoms with Crippen LogP contribution in [0.5, 0.6) is 0 Å². The Labute approximate surface area is 115 Å². The van der Waals surface area contributed by atoms with Crippen molar-refractivity contribution in [3.8, 4) is 0 Å². The molecular formula is C13H20ClNO2S. The number of sulfonamides is 1. The summed E-state index contributed by atoms with van der Waals surface area (Å²) in [4.78, 5) is 0.393. The molecule has 1 aromatic rings. The van der Waals surface area contributed by atoms with Crippen molar-refractivity contribution in [3.05, 3.63) is 29.8 Å². The van der Waals surface area contributed by atoms with Gasteiger partial charge < -0.3 is 0 Å². The van der Waals surface area contributed by atoms with Crippen molar-refractivity contribution in [2.45, 2.75) is 31.1 Å². The molecular weight excluding hydrogens is 270 g/mol. The average molecular weight is 290 g/mol. The van der Waals surface area contributed by atoms with Gasteiger partial charge in [0.1, 0.15) is 0 Å². The molecule has 5 heteroatoms. The van der Waals surface area contributed by atoms with E-state index in [9.17, 15) is 8.42 Å². The first kappa shape index (κ1) is 15.5. The standard InChI is InChI=1S/C13H20ClNO2S/c1-12-8-4-5-9-13(12)18(16,17)15(2)11-7-3-6-10-14/h4-5,8-9H,3,6-7,10-11H2,1-2H3. The molecule has 1 rings (SSSR count). The second kappa shape index (κ2) is 7.12. The van der Waals surface area contributed by atoms with Gasteiger partial charge in [0.2, 0.25) is 10.0 Å². The van der Waals surface area contributed by atoms with Crippen molar-refractivity contribution in [2.75, 3.05) is 19.5 Å². The predicted molar refractivity (Wildman–Crippen MR) is 75.6 cm³/mol. The summed E-state index contributed by atoms with van der Waals surface area (Å²) in [6.07, 6.45) is 2.73. The van der Waals surface area contributed by atoms with Crippen LogP contribution in [0.1, 0.15) is 24.8 Å². The van der Waals surface area contributed by atoms with Gasteiger partial charge in [0, 0.05) is 19.5 Å². The molecule has 0 aliphatic heterocycles. The fourth-order valence-corrected chi connectivity index (χ4v) is 3.36. The minimum absolute atomic E-state index is 0.393. The molecule has 0 heterocycles. The fraction of sp³-hybridized carbons (Fsp3) is 0.538. The lowest BCUT2D eigenvalue weighted by molar-refractivity contribution is 0.454. The van der Waals surface area contributed by atoms with Gasteiger partial charge in [0.05, 0.1) is 4.90 Å². The van der Waals surface area contributed by atoms with Crippen LogP contribution in [-0.2, 0) is 10.0 Å². The molecule has 3 nitrogen and oxygen atoms in total. The van der Waals surface area contributed by atoms with Gasteiger partial charge in [-0.3, -0.25) is 0 Å². The molecule has 0 unspecified atom stereocenters. The first-order valence-electron chi connectivity index (χ1n) is 6.08. The van der Waals surface area contributed by atoms with E-state index < -0.39 is 10.0 Å². The predicted octanol–water partition coefficient (Wildman–Crippen LogP) is 3.02. The van der Waals surface area contributed by atoms with Crippen molar-refractivity contribution in [2.24, 2.45) is 0 Å². The molecule has 0 aliphatic carbocycles. The van der Waals surface area contributed by atoms with Crippen molar-refractivity contribution < 1.29 is 8.42 Å². The summed E-state index contributed by atoms with van der Waals surface area (Å²) < 4.78 is 26.1. The molecule has 0 saturated carbocycles. The molecule has 0 saturated heterocycles. The van der Waals surface area contributed by atoms with Crippen LogP contribution in [-0.4, -0.2) is 32.2 Å². The zero-order chi connectivity index (χ0) is 13.6. The zero-order valence-electron chi connectivity index (χ0n) is 10.9. The number of rotatable bonds is 7.